The van der Waals surface area contributed by atoms with Gasteiger partial charge in [-0.15, -0.1) is 0 Å². The molecule has 2 aliphatic rings. The summed E-state index contributed by atoms with van der Waals surface area (Å²) in [6, 6.07) is 19.8. The third-order valence-corrected chi connectivity index (χ3v) is 7.65. The molecule has 8 heteroatoms. The number of nitrogens with zero attached hydrogens (tertiary/aromatic N) is 5. The summed E-state index contributed by atoms with van der Waals surface area (Å²) < 4.78 is 8.45. The SMILES string of the molecule is COc1cccc(C(=O)N2CC3CN(Cc4c(-c5ccc(Br)cc5)nc5ccccn45)CC3C2)n1. The Kier molecular flexibility index (Phi) is 5.78. The summed E-state index contributed by atoms with van der Waals surface area (Å²) in [4.78, 5) is 26.8. The molecule has 0 saturated carbocycles. The number of rotatable bonds is 5. The second kappa shape index (κ2) is 9.09. The Morgan fingerprint density at radius 1 is 0.971 bits per heavy atom. The smallest absolute Gasteiger partial charge is 0.272 e. The van der Waals surface area contributed by atoms with Crippen molar-refractivity contribution in [2.45, 2.75) is 6.54 Å². The summed E-state index contributed by atoms with van der Waals surface area (Å²) in [5, 5.41) is 0. The first-order valence-electron chi connectivity index (χ1n) is 11.8. The Morgan fingerprint density at radius 3 is 2.49 bits per heavy atom. The summed E-state index contributed by atoms with van der Waals surface area (Å²) in [6.45, 7) is 4.31. The highest BCUT2D eigenvalue weighted by Crippen LogP contribution is 2.34. The molecule has 5 heterocycles. The maximum absolute atomic E-state index is 13.0. The summed E-state index contributed by atoms with van der Waals surface area (Å²) in [7, 11) is 1.57. The van der Waals surface area contributed by atoms with E-state index in [2.05, 4.69) is 72.8 Å². The number of hydrogen-bond donors (Lipinski definition) is 0. The molecule has 0 radical (unpaired) electrons. The van der Waals surface area contributed by atoms with E-state index in [0.29, 0.717) is 23.4 Å². The van der Waals surface area contributed by atoms with E-state index >= 15 is 0 Å². The van der Waals surface area contributed by atoms with Gasteiger partial charge >= 0.3 is 0 Å². The summed E-state index contributed by atoms with van der Waals surface area (Å²) >= 11 is 3.53. The molecule has 3 aromatic heterocycles. The fraction of sp³-hybridized carbons (Fsp3) is 0.296. The van der Waals surface area contributed by atoms with E-state index in [1.807, 2.05) is 17.0 Å². The molecule has 178 valence electrons. The molecule has 0 N–H and O–H groups in total. The van der Waals surface area contributed by atoms with Gasteiger partial charge in [-0.2, -0.15) is 0 Å². The standard InChI is InChI=1S/C27H26BrN5O2/c1-35-25-7-4-5-22(29-25)27(34)32-15-19-13-31(14-20(19)16-32)17-23-26(18-8-10-21(28)11-9-18)30-24-6-2-3-12-33(23)24/h2-12,19-20H,13-17H2,1H3. The molecule has 2 unspecified atom stereocenters. The fourth-order valence-corrected chi connectivity index (χ4v) is 5.71. The van der Waals surface area contributed by atoms with Crippen molar-refractivity contribution in [3.63, 3.8) is 0 Å². The topological polar surface area (TPSA) is 63.0 Å². The average molecular weight is 532 g/mol. The fourth-order valence-electron chi connectivity index (χ4n) is 5.44. The van der Waals surface area contributed by atoms with Crippen molar-refractivity contribution in [3.8, 4) is 17.1 Å². The number of imidazole rings is 1. The van der Waals surface area contributed by atoms with Crippen molar-refractivity contribution < 1.29 is 9.53 Å². The van der Waals surface area contributed by atoms with Gasteiger partial charge in [0.2, 0.25) is 5.88 Å². The Morgan fingerprint density at radius 2 is 1.74 bits per heavy atom. The maximum atomic E-state index is 13.0. The van der Waals surface area contributed by atoms with Crippen LogP contribution in [0.1, 0.15) is 16.2 Å². The van der Waals surface area contributed by atoms with E-state index < -0.39 is 0 Å². The van der Waals surface area contributed by atoms with Crippen molar-refractivity contribution in [3.05, 3.63) is 82.7 Å². The lowest BCUT2D eigenvalue weighted by atomic mass is 10.0. The van der Waals surface area contributed by atoms with Crippen LogP contribution in [0.2, 0.25) is 0 Å². The lowest BCUT2D eigenvalue weighted by Gasteiger charge is -2.22. The van der Waals surface area contributed by atoms with Gasteiger partial charge in [0, 0.05) is 55.0 Å². The molecule has 2 atom stereocenters. The van der Waals surface area contributed by atoms with Crippen molar-refractivity contribution in [1.82, 2.24) is 24.2 Å². The van der Waals surface area contributed by atoms with E-state index in [9.17, 15) is 4.79 Å². The Labute approximate surface area is 212 Å². The van der Waals surface area contributed by atoms with Gasteiger partial charge in [0.15, 0.2) is 0 Å². The monoisotopic (exact) mass is 531 g/mol. The Hall–Kier alpha value is -3.23. The van der Waals surface area contributed by atoms with Crippen LogP contribution in [0.5, 0.6) is 5.88 Å². The lowest BCUT2D eigenvalue weighted by Crippen LogP contribution is -2.33. The van der Waals surface area contributed by atoms with Gasteiger partial charge in [-0.05, 0) is 42.2 Å². The van der Waals surface area contributed by atoms with Crippen LogP contribution in [-0.4, -0.2) is 63.4 Å². The number of hydrogen-bond acceptors (Lipinski definition) is 5. The minimum atomic E-state index is -0.0100. The van der Waals surface area contributed by atoms with Crippen LogP contribution in [0, 0.1) is 11.8 Å². The molecule has 35 heavy (non-hydrogen) atoms. The van der Waals surface area contributed by atoms with Gasteiger partial charge in [-0.3, -0.25) is 9.69 Å². The minimum absolute atomic E-state index is 0.0100. The van der Waals surface area contributed by atoms with Gasteiger partial charge in [0.25, 0.3) is 5.91 Å². The minimum Gasteiger partial charge on any atom is -0.481 e. The molecule has 1 amide bonds. The van der Waals surface area contributed by atoms with Crippen molar-refractivity contribution in [1.29, 1.82) is 0 Å². The highest BCUT2D eigenvalue weighted by atomic mass is 79.9. The number of halogens is 1. The normalized spacial score (nSPS) is 19.9. The van der Waals surface area contributed by atoms with Gasteiger partial charge in [-0.1, -0.05) is 40.2 Å². The summed E-state index contributed by atoms with van der Waals surface area (Å²) in [5.74, 6) is 1.40. The second-order valence-corrected chi connectivity index (χ2v) is 10.2. The zero-order valence-electron chi connectivity index (χ0n) is 19.5. The number of likely N-dealkylation sites (tertiary alicyclic amines) is 2. The molecule has 0 spiro atoms. The first-order chi connectivity index (χ1) is 17.1. The van der Waals surface area contributed by atoms with Crippen molar-refractivity contribution in [2.24, 2.45) is 11.8 Å². The summed E-state index contributed by atoms with van der Waals surface area (Å²) in [5.41, 5.74) is 4.76. The number of methoxy groups -OCH3 is 1. The van der Waals surface area contributed by atoms with Crippen LogP contribution in [0.3, 0.4) is 0 Å². The number of amides is 1. The number of carbonyl (C=O) groups is 1. The first-order valence-corrected chi connectivity index (χ1v) is 12.6. The number of benzene rings is 1. The highest BCUT2D eigenvalue weighted by molar-refractivity contribution is 9.10. The van der Waals surface area contributed by atoms with Crippen molar-refractivity contribution in [2.75, 3.05) is 33.3 Å². The summed E-state index contributed by atoms with van der Waals surface area (Å²) in [6.07, 6.45) is 2.10. The van der Waals surface area contributed by atoms with E-state index in [1.54, 1.807) is 19.2 Å². The zero-order valence-corrected chi connectivity index (χ0v) is 21.1. The molecule has 6 rings (SSSR count). The zero-order chi connectivity index (χ0) is 23.9. The first kappa shape index (κ1) is 22.2. The van der Waals surface area contributed by atoms with Gasteiger partial charge < -0.3 is 14.0 Å². The highest BCUT2D eigenvalue weighted by Gasteiger charge is 2.42. The van der Waals surface area contributed by atoms with Gasteiger partial charge in [-0.25, -0.2) is 9.97 Å². The third kappa shape index (κ3) is 4.21. The molecule has 2 fully saturated rings. The molecular formula is C27H26BrN5O2. The van der Waals surface area contributed by atoms with Gasteiger partial charge in [0.1, 0.15) is 11.3 Å². The third-order valence-electron chi connectivity index (χ3n) is 7.12. The number of fused-ring (bicyclic) bond motifs is 2. The van der Waals surface area contributed by atoms with Crippen LogP contribution in [0.4, 0.5) is 0 Å². The van der Waals surface area contributed by atoms with Crippen LogP contribution < -0.4 is 4.74 Å². The van der Waals surface area contributed by atoms with Gasteiger partial charge in [0.05, 0.1) is 18.5 Å². The van der Waals surface area contributed by atoms with Crippen LogP contribution in [0.25, 0.3) is 16.9 Å². The molecule has 0 bridgehead atoms. The van der Waals surface area contributed by atoms with Crippen LogP contribution in [-0.2, 0) is 6.54 Å². The molecule has 4 aromatic rings. The maximum Gasteiger partial charge on any atom is 0.272 e. The predicted molar refractivity (Wildman–Crippen MR) is 137 cm³/mol. The molecule has 1 aromatic carbocycles. The Bertz CT molecular complexity index is 1370. The van der Waals surface area contributed by atoms with E-state index in [0.717, 1.165) is 54.1 Å². The molecule has 2 saturated heterocycles. The average Bonchev–Trinajstić information content (AvgIpc) is 3.56. The molecule has 0 aliphatic carbocycles. The number of ether oxygens (including phenoxy) is 1. The van der Waals surface area contributed by atoms with E-state index in [1.165, 1.54) is 5.69 Å². The quantitative estimate of drug-likeness (QED) is 0.382. The van der Waals surface area contributed by atoms with Crippen LogP contribution >= 0.6 is 15.9 Å². The number of aromatic nitrogens is 3. The number of carbonyl (C=O) groups excluding carboxylic acids is 1. The predicted octanol–water partition coefficient (Wildman–Crippen LogP) is 4.37. The Balaban J connectivity index is 1.19. The van der Waals surface area contributed by atoms with E-state index in [-0.39, 0.29) is 5.91 Å². The van der Waals surface area contributed by atoms with Crippen molar-refractivity contribution >= 4 is 27.5 Å². The molecule has 7 nitrogen and oxygen atoms in total. The van der Waals surface area contributed by atoms with E-state index in [4.69, 9.17) is 9.72 Å². The lowest BCUT2D eigenvalue weighted by molar-refractivity contribution is 0.0766. The second-order valence-electron chi connectivity index (χ2n) is 9.33. The molecule has 2 aliphatic heterocycles. The molecular weight excluding hydrogens is 506 g/mol. The largest absolute Gasteiger partial charge is 0.481 e. The van der Waals surface area contributed by atoms with Crippen LogP contribution in [0.15, 0.2) is 71.3 Å². The number of pyridine rings is 2.